The quantitative estimate of drug-likeness (QED) is 0.779. The Hall–Kier alpha value is -1.70. The Morgan fingerprint density at radius 1 is 1.37 bits per heavy atom. The molecule has 104 valence electrons. The third kappa shape index (κ3) is 3.01. The van der Waals surface area contributed by atoms with Gasteiger partial charge in [-0.3, -0.25) is 5.32 Å². The molecule has 0 radical (unpaired) electrons. The molecule has 1 heterocycles. The summed E-state index contributed by atoms with van der Waals surface area (Å²) in [6.45, 7) is 1.95. The van der Waals surface area contributed by atoms with Crippen LogP contribution in [0.3, 0.4) is 0 Å². The molecule has 0 atom stereocenters. The Morgan fingerprint density at radius 2 is 2.05 bits per heavy atom. The molecule has 19 heavy (non-hydrogen) atoms. The largest absolute Gasteiger partial charge is 0.480 e. The Morgan fingerprint density at radius 3 is 2.58 bits per heavy atom. The van der Waals surface area contributed by atoms with Crippen LogP contribution in [0.25, 0.3) is 0 Å². The first-order valence-corrected chi connectivity index (χ1v) is 7.02. The van der Waals surface area contributed by atoms with E-state index in [0.717, 1.165) is 24.3 Å². The van der Waals surface area contributed by atoms with Gasteiger partial charge in [-0.2, -0.15) is 0 Å². The fourth-order valence-corrected chi connectivity index (χ4v) is 2.84. The third-order valence-corrected chi connectivity index (χ3v) is 4.19. The molecule has 1 aromatic rings. The van der Waals surface area contributed by atoms with Gasteiger partial charge < -0.3 is 10.4 Å². The minimum Gasteiger partial charge on any atom is -0.480 e. The van der Waals surface area contributed by atoms with Crippen LogP contribution < -0.4 is 10.6 Å². The van der Waals surface area contributed by atoms with E-state index in [1.165, 1.54) is 11.3 Å². The van der Waals surface area contributed by atoms with Crippen molar-refractivity contribution in [3.63, 3.8) is 0 Å². The van der Waals surface area contributed by atoms with Gasteiger partial charge in [-0.05, 0) is 19.3 Å². The molecule has 0 saturated heterocycles. The van der Waals surface area contributed by atoms with Crippen LogP contribution in [0.2, 0.25) is 0 Å². The highest BCUT2D eigenvalue weighted by molar-refractivity contribution is 7.15. The summed E-state index contributed by atoms with van der Waals surface area (Å²) >= 11 is 1.28. The topological polar surface area (TPSA) is 104 Å². The van der Waals surface area contributed by atoms with E-state index in [1.807, 2.05) is 6.92 Å². The smallest absolute Gasteiger partial charge is 0.329 e. The van der Waals surface area contributed by atoms with Crippen LogP contribution in [0.5, 0.6) is 0 Å². The monoisotopic (exact) mass is 284 g/mol. The molecular weight excluding hydrogens is 268 g/mol. The number of carbonyl (C=O) groups excluding carboxylic acids is 1. The first kappa shape index (κ1) is 13.7. The number of aliphatic carboxylic acids is 1. The predicted octanol–water partition coefficient (Wildman–Crippen LogP) is 1.62. The number of carboxylic acid groups (broad SMARTS) is 1. The van der Waals surface area contributed by atoms with Crippen molar-refractivity contribution in [1.29, 1.82) is 0 Å². The highest BCUT2D eigenvalue weighted by Gasteiger charge is 2.42. The van der Waals surface area contributed by atoms with E-state index < -0.39 is 17.5 Å². The Kier molecular flexibility index (Phi) is 3.98. The van der Waals surface area contributed by atoms with Crippen LogP contribution >= 0.6 is 11.3 Å². The second-order valence-corrected chi connectivity index (χ2v) is 5.59. The molecule has 1 saturated carbocycles. The van der Waals surface area contributed by atoms with Gasteiger partial charge in [-0.15, -0.1) is 10.2 Å². The lowest BCUT2D eigenvalue weighted by Crippen LogP contribution is -2.53. The van der Waals surface area contributed by atoms with Crippen LogP contribution in [-0.2, 0) is 11.2 Å². The summed E-state index contributed by atoms with van der Waals surface area (Å²) in [6, 6.07) is -0.539. The number of aryl methyl sites for hydroxylation is 1. The van der Waals surface area contributed by atoms with Gasteiger partial charge in [0.05, 0.1) is 0 Å². The molecule has 0 aliphatic heterocycles. The number of hydrogen-bond donors (Lipinski definition) is 3. The number of nitrogens with one attached hydrogen (secondary N) is 2. The molecule has 1 aliphatic carbocycles. The van der Waals surface area contributed by atoms with Crippen LogP contribution in [-0.4, -0.2) is 32.8 Å². The number of urea groups is 1. The number of anilines is 1. The van der Waals surface area contributed by atoms with Crippen molar-refractivity contribution in [2.45, 2.75) is 44.6 Å². The van der Waals surface area contributed by atoms with E-state index >= 15 is 0 Å². The number of amides is 2. The molecule has 0 bridgehead atoms. The maximum Gasteiger partial charge on any atom is 0.329 e. The van der Waals surface area contributed by atoms with Gasteiger partial charge in [0, 0.05) is 0 Å². The van der Waals surface area contributed by atoms with Crippen molar-refractivity contribution in [3.05, 3.63) is 5.01 Å². The van der Waals surface area contributed by atoms with Gasteiger partial charge in [0.25, 0.3) is 0 Å². The number of carboxylic acids is 1. The summed E-state index contributed by atoms with van der Waals surface area (Å²) in [6.07, 6.45) is 3.30. The molecule has 1 aromatic heterocycles. The van der Waals surface area contributed by atoms with E-state index in [1.54, 1.807) is 0 Å². The zero-order valence-corrected chi connectivity index (χ0v) is 11.4. The van der Waals surface area contributed by atoms with E-state index in [2.05, 4.69) is 20.8 Å². The molecule has 8 heteroatoms. The Labute approximate surface area is 114 Å². The normalized spacial score (nSPS) is 17.1. The standard InChI is InChI=1S/C11H16N4O3S/c1-2-7-14-15-10(19-7)12-9(18)13-11(8(16)17)5-3-4-6-11/h2-6H2,1H3,(H,16,17)(H2,12,13,15,18). The van der Waals surface area contributed by atoms with Gasteiger partial charge in [-0.1, -0.05) is 31.1 Å². The van der Waals surface area contributed by atoms with Crippen molar-refractivity contribution in [1.82, 2.24) is 15.5 Å². The van der Waals surface area contributed by atoms with E-state index in [0.29, 0.717) is 18.0 Å². The zero-order valence-electron chi connectivity index (χ0n) is 10.6. The summed E-state index contributed by atoms with van der Waals surface area (Å²) < 4.78 is 0. The summed E-state index contributed by atoms with van der Waals surface area (Å²) in [5.41, 5.74) is -1.14. The maximum absolute atomic E-state index is 11.8. The summed E-state index contributed by atoms with van der Waals surface area (Å²) in [7, 11) is 0. The first-order valence-electron chi connectivity index (χ1n) is 6.21. The highest BCUT2D eigenvalue weighted by Crippen LogP contribution is 2.30. The summed E-state index contributed by atoms with van der Waals surface area (Å²) in [5.74, 6) is -0.980. The first-order chi connectivity index (χ1) is 9.05. The second-order valence-electron chi connectivity index (χ2n) is 4.53. The number of carbonyl (C=O) groups is 2. The fourth-order valence-electron chi connectivity index (χ4n) is 2.16. The van der Waals surface area contributed by atoms with E-state index in [4.69, 9.17) is 0 Å². The predicted molar refractivity (Wildman–Crippen MR) is 70.3 cm³/mol. The molecule has 0 aromatic carbocycles. The number of rotatable bonds is 4. The highest BCUT2D eigenvalue weighted by atomic mass is 32.1. The van der Waals surface area contributed by atoms with Gasteiger partial charge in [0.15, 0.2) is 0 Å². The van der Waals surface area contributed by atoms with Crippen molar-refractivity contribution < 1.29 is 14.7 Å². The number of aromatic nitrogens is 2. The van der Waals surface area contributed by atoms with Crippen LogP contribution in [0, 0.1) is 0 Å². The molecule has 0 spiro atoms. The Bertz CT molecular complexity index is 482. The van der Waals surface area contributed by atoms with Gasteiger partial charge in [0.2, 0.25) is 5.13 Å². The minimum atomic E-state index is -1.14. The van der Waals surface area contributed by atoms with Gasteiger partial charge in [-0.25, -0.2) is 9.59 Å². The molecule has 0 unspecified atom stereocenters. The van der Waals surface area contributed by atoms with Gasteiger partial charge >= 0.3 is 12.0 Å². The lowest BCUT2D eigenvalue weighted by atomic mass is 9.98. The van der Waals surface area contributed by atoms with Gasteiger partial charge in [0.1, 0.15) is 10.5 Å². The maximum atomic E-state index is 11.8. The molecule has 1 aliphatic rings. The SMILES string of the molecule is CCc1nnc(NC(=O)NC2(C(=O)O)CCCC2)s1. The van der Waals surface area contributed by atoms with Crippen molar-refractivity contribution >= 4 is 28.5 Å². The average molecular weight is 284 g/mol. The van der Waals surface area contributed by atoms with E-state index in [-0.39, 0.29) is 0 Å². The Balaban J connectivity index is 1.98. The zero-order chi connectivity index (χ0) is 13.9. The van der Waals surface area contributed by atoms with Crippen molar-refractivity contribution in [3.8, 4) is 0 Å². The van der Waals surface area contributed by atoms with Crippen molar-refractivity contribution in [2.24, 2.45) is 0 Å². The summed E-state index contributed by atoms with van der Waals surface area (Å²) in [4.78, 5) is 23.1. The fraction of sp³-hybridized carbons (Fsp3) is 0.636. The van der Waals surface area contributed by atoms with E-state index in [9.17, 15) is 14.7 Å². The second kappa shape index (κ2) is 5.52. The number of nitrogens with zero attached hydrogens (tertiary/aromatic N) is 2. The number of hydrogen-bond acceptors (Lipinski definition) is 5. The molecule has 1 fully saturated rings. The molecule has 2 amide bonds. The lowest BCUT2D eigenvalue weighted by Gasteiger charge is -2.24. The van der Waals surface area contributed by atoms with Crippen LogP contribution in [0.15, 0.2) is 0 Å². The molecule has 3 N–H and O–H groups in total. The lowest BCUT2D eigenvalue weighted by molar-refractivity contribution is -0.144. The average Bonchev–Trinajstić information content (AvgIpc) is 2.98. The minimum absolute atomic E-state index is 0.382. The molecular formula is C11H16N4O3S. The van der Waals surface area contributed by atoms with Crippen molar-refractivity contribution in [2.75, 3.05) is 5.32 Å². The summed E-state index contributed by atoms with van der Waals surface area (Å²) in [5, 5.41) is 23.3. The molecule has 7 nitrogen and oxygen atoms in total. The van der Waals surface area contributed by atoms with Crippen LogP contribution in [0.4, 0.5) is 9.93 Å². The molecule has 2 rings (SSSR count). The van der Waals surface area contributed by atoms with Crippen LogP contribution in [0.1, 0.15) is 37.6 Å². The third-order valence-electron chi connectivity index (χ3n) is 3.21.